The molecule has 4 N–H and O–H groups in total. The van der Waals surface area contributed by atoms with Crippen LogP contribution in [0.15, 0.2) is 42.5 Å². The topological polar surface area (TPSA) is 122 Å². The van der Waals surface area contributed by atoms with Crippen molar-refractivity contribution >= 4 is 28.7 Å². The first kappa shape index (κ1) is 24.1. The van der Waals surface area contributed by atoms with E-state index >= 15 is 0 Å². The molecule has 0 saturated carbocycles. The molecule has 0 aliphatic heterocycles. The van der Waals surface area contributed by atoms with Crippen molar-refractivity contribution in [1.82, 2.24) is 10.3 Å². The van der Waals surface area contributed by atoms with Crippen molar-refractivity contribution in [2.45, 2.75) is 52.2 Å². The van der Waals surface area contributed by atoms with Crippen LogP contribution < -0.4 is 11.2 Å². The van der Waals surface area contributed by atoms with Crippen LogP contribution in [-0.4, -0.2) is 40.2 Å². The Morgan fingerprint density at radius 1 is 1.13 bits per heavy atom. The maximum atomic E-state index is 13.0. The lowest BCUT2D eigenvalue weighted by Crippen LogP contribution is -2.41. The van der Waals surface area contributed by atoms with Crippen LogP contribution in [0.5, 0.6) is 0 Å². The first-order valence-corrected chi connectivity index (χ1v) is 10.3. The molecule has 2 aromatic carbocycles. The van der Waals surface area contributed by atoms with Crippen LogP contribution in [0.1, 0.15) is 52.1 Å². The first-order chi connectivity index (χ1) is 14.5. The Hall–Kier alpha value is -3.13. The number of esters is 1. The van der Waals surface area contributed by atoms with Gasteiger partial charge in [0.15, 0.2) is 0 Å². The Bertz CT molecular complexity index is 933. The predicted octanol–water partition coefficient (Wildman–Crippen LogP) is 3.61. The molecule has 0 aromatic heterocycles. The second kappa shape index (κ2) is 10.3. The average molecular weight is 430 g/mol. The van der Waals surface area contributed by atoms with Gasteiger partial charge >= 0.3 is 12.1 Å². The number of rotatable bonds is 8. The first-order valence-electron chi connectivity index (χ1n) is 10.3. The quantitative estimate of drug-likeness (QED) is 0.194. The summed E-state index contributed by atoms with van der Waals surface area (Å²) >= 11 is 0. The summed E-state index contributed by atoms with van der Waals surface area (Å²) in [6, 6.07) is 13.4. The van der Waals surface area contributed by atoms with E-state index in [0.29, 0.717) is 5.01 Å². The highest BCUT2D eigenvalue weighted by atomic mass is 16.6. The van der Waals surface area contributed by atoms with Gasteiger partial charge in [-0.05, 0) is 56.9 Å². The fraction of sp³-hybridized carbons (Fsp3) is 0.435. The number of fused-ring (bicyclic) bond motifs is 1. The third-order valence-electron chi connectivity index (χ3n) is 4.79. The molecular formula is C23H31N3O5. The molecular weight excluding hydrogens is 398 g/mol. The molecule has 0 saturated heterocycles. The van der Waals surface area contributed by atoms with Crippen molar-refractivity contribution in [3.63, 3.8) is 0 Å². The number of nitrogens with two attached hydrogens (primary N) is 1. The van der Waals surface area contributed by atoms with E-state index in [-0.39, 0.29) is 25.4 Å². The van der Waals surface area contributed by atoms with Gasteiger partial charge in [0.05, 0.1) is 6.04 Å². The highest BCUT2D eigenvalue weighted by molar-refractivity contribution is 5.98. The second-order valence-electron chi connectivity index (χ2n) is 8.50. The molecule has 0 spiro atoms. The number of hydrazine groups is 1. The smallest absolute Gasteiger partial charge is 0.421 e. The summed E-state index contributed by atoms with van der Waals surface area (Å²) in [5.74, 6) is 3.20. The van der Waals surface area contributed by atoms with Crippen LogP contribution in [-0.2, 0) is 14.3 Å². The van der Waals surface area contributed by atoms with Crippen LogP contribution in [0, 0.1) is 5.92 Å². The van der Waals surface area contributed by atoms with Crippen LogP contribution in [0.3, 0.4) is 0 Å². The minimum Gasteiger partial charge on any atom is -0.464 e. The van der Waals surface area contributed by atoms with Crippen molar-refractivity contribution in [3.8, 4) is 0 Å². The monoisotopic (exact) mass is 429 g/mol. The molecule has 0 bridgehead atoms. The minimum atomic E-state index is -1.28. The van der Waals surface area contributed by atoms with E-state index in [1.54, 1.807) is 20.8 Å². The standard InChI is InChI=1S/C23H31N3O5/c1-15(17-12-7-10-16-9-5-6-11-18(16)17)25-20(27)19(21(28)31-23(2,3)4)13-8-14-26(24)22(29)30/h5-7,9-12,15,19H,8,13-14,24H2,1-4H3,(H,25,27)(H,29,30)/t15-,19?/m0/s1. The number of amides is 2. The summed E-state index contributed by atoms with van der Waals surface area (Å²) in [7, 11) is 0. The average Bonchev–Trinajstić information content (AvgIpc) is 2.68. The number of carbonyl (C=O) groups excluding carboxylic acids is 2. The molecule has 2 amide bonds. The minimum absolute atomic E-state index is 0.000781. The van der Waals surface area contributed by atoms with E-state index < -0.39 is 29.5 Å². The summed E-state index contributed by atoms with van der Waals surface area (Å²) in [6.07, 6.45) is -0.921. The second-order valence-corrected chi connectivity index (χ2v) is 8.50. The van der Waals surface area contributed by atoms with Gasteiger partial charge in [-0.1, -0.05) is 42.5 Å². The van der Waals surface area contributed by atoms with E-state index in [2.05, 4.69) is 5.32 Å². The molecule has 8 nitrogen and oxygen atoms in total. The van der Waals surface area contributed by atoms with Crippen molar-refractivity contribution in [3.05, 3.63) is 48.0 Å². The summed E-state index contributed by atoms with van der Waals surface area (Å²) in [6.45, 7) is 7.04. The van der Waals surface area contributed by atoms with Gasteiger partial charge in [0.2, 0.25) is 5.91 Å². The van der Waals surface area contributed by atoms with Crippen molar-refractivity contribution in [2.24, 2.45) is 11.8 Å². The van der Waals surface area contributed by atoms with E-state index in [4.69, 9.17) is 15.7 Å². The van der Waals surface area contributed by atoms with Crippen LogP contribution in [0.4, 0.5) is 4.79 Å². The van der Waals surface area contributed by atoms with Gasteiger partial charge in [-0.15, -0.1) is 0 Å². The highest BCUT2D eigenvalue weighted by Crippen LogP contribution is 2.25. The van der Waals surface area contributed by atoms with Gasteiger partial charge < -0.3 is 15.2 Å². The Morgan fingerprint density at radius 2 is 1.77 bits per heavy atom. The molecule has 2 rings (SSSR count). The Balaban J connectivity index is 2.16. The molecule has 1 unspecified atom stereocenters. The molecule has 8 heteroatoms. The van der Waals surface area contributed by atoms with Gasteiger partial charge in [-0.3, -0.25) is 9.59 Å². The summed E-state index contributed by atoms with van der Waals surface area (Å²) in [5.41, 5.74) is 0.186. The van der Waals surface area contributed by atoms with Crippen LogP contribution >= 0.6 is 0 Å². The number of hydrogen-bond acceptors (Lipinski definition) is 5. The van der Waals surface area contributed by atoms with E-state index in [9.17, 15) is 14.4 Å². The van der Waals surface area contributed by atoms with Gasteiger partial charge in [0.1, 0.15) is 11.5 Å². The third-order valence-corrected chi connectivity index (χ3v) is 4.79. The van der Waals surface area contributed by atoms with E-state index in [1.807, 2.05) is 49.4 Å². The van der Waals surface area contributed by atoms with Crippen LogP contribution in [0.25, 0.3) is 10.8 Å². The van der Waals surface area contributed by atoms with Crippen molar-refractivity contribution < 1.29 is 24.2 Å². The lowest BCUT2D eigenvalue weighted by molar-refractivity contribution is -0.163. The van der Waals surface area contributed by atoms with Gasteiger partial charge in [-0.25, -0.2) is 15.6 Å². The Morgan fingerprint density at radius 3 is 2.42 bits per heavy atom. The number of hydrogen-bond donors (Lipinski definition) is 3. The summed E-state index contributed by atoms with van der Waals surface area (Å²) < 4.78 is 5.42. The summed E-state index contributed by atoms with van der Waals surface area (Å²) in [4.78, 5) is 36.6. The normalized spacial score (nSPS) is 13.3. The Kier molecular flexibility index (Phi) is 7.99. The molecule has 0 heterocycles. The zero-order chi connectivity index (χ0) is 23.2. The maximum Gasteiger partial charge on any atom is 0.421 e. The number of carboxylic acid groups (broad SMARTS) is 1. The Labute approximate surface area is 182 Å². The van der Waals surface area contributed by atoms with E-state index in [0.717, 1.165) is 16.3 Å². The van der Waals surface area contributed by atoms with Gasteiger partial charge in [0, 0.05) is 6.54 Å². The molecule has 2 aromatic rings. The third kappa shape index (κ3) is 6.96. The van der Waals surface area contributed by atoms with Gasteiger partial charge in [0.25, 0.3) is 0 Å². The lowest BCUT2D eigenvalue weighted by atomic mass is 9.97. The number of carbonyl (C=O) groups is 3. The molecule has 31 heavy (non-hydrogen) atoms. The van der Waals surface area contributed by atoms with E-state index in [1.165, 1.54) is 0 Å². The number of nitrogens with one attached hydrogen (secondary N) is 1. The molecule has 0 aliphatic rings. The van der Waals surface area contributed by atoms with Crippen molar-refractivity contribution in [1.29, 1.82) is 0 Å². The zero-order valence-electron chi connectivity index (χ0n) is 18.4. The fourth-order valence-corrected chi connectivity index (χ4v) is 3.31. The highest BCUT2D eigenvalue weighted by Gasteiger charge is 2.32. The maximum absolute atomic E-state index is 13.0. The lowest BCUT2D eigenvalue weighted by Gasteiger charge is -2.25. The molecule has 168 valence electrons. The molecule has 2 atom stereocenters. The molecule has 0 fully saturated rings. The van der Waals surface area contributed by atoms with Crippen LogP contribution in [0.2, 0.25) is 0 Å². The number of ether oxygens (including phenoxy) is 1. The fourth-order valence-electron chi connectivity index (χ4n) is 3.31. The van der Waals surface area contributed by atoms with Crippen molar-refractivity contribution in [2.75, 3.05) is 6.54 Å². The predicted molar refractivity (Wildman–Crippen MR) is 118 cm³/mol. The van der Waals surface area contributed by atoms with Gasteiger partial charge in [-0.2, -0.15) is 0 Å². The largest absolute Gasteiger partial charge is 0.464 e. The zero-order valence-corrected chi connectivity index (χ0v) is 18.4. The molecule has 0 radical (unpaired) electrons. The summed E-state index contributed by atoms with van der Waals surface area (Å²) in [5, 5.41) is 14.5. The number of benzene rings is 2. The molecule has 0 aliphatic carbocycles. The number of nitrogens with zero attached hydrogens (tertiary/aromatic N) is 1. The SMILES string of the molecule is C[C@H](NC(=O)C(CCCN(N)C(=O)O)C(=O)OC(C)(C)C)c1cccc2ccccc12.